The van der Waals surface area contributed by atoms with Gasteiger partial charge in [0, 0.05) is 12.2 Å². The molecule has 1 heterocycles. The number of nitrogens with one attached hydrogen (secondary N) is 1. The van der Waals surface area contributed by atoms with Crippen molar-refractivity contribution in [2.45, 2.75) is 50.2 Å². The van der Waals surface area contributed by atoms with E-state index >= 15 is 0 Å². The number of hydrogen-bond acceptors (Lipinski definition) is 5. The molecule has 1 aromatic rings. The predicted octanol–water partition coefficient (Wildman–Crippen LogP) is 4.07. The van der Waals surface area contributed by atoms with Crippen molar-refractivity contribution in [3.8, 4) is 0 Å². The minimum Gasteiger partial charge on any atom is -0.378 e. The lowest BCUT2D eigenvalue weighted by atomic mass is 9.92. The number of carbonyl (C=O) groups is 1. The van der Waals surface area contributed by atoms with E-state index < -0.39 is 35.4 Å². The Labute approximate surface area is 156 Å². The van der Waals surface area contributed by atoms with E-state index in [4.69, 9.17) is 9.57 Å². The van der Waals surface area contributed by atoms with Crippen LogP contribution in [0.3, 0.4) is 0 Å². The molecule has 0 aromatic heterocycles. The summed E-state index contributed by atoms with van der Waals surface area (Å²) in [6.07, 6.45) is -10.4. The van der Waals surface area contributed by atoms with Crippen molar-refractivity contribution in [2.24, 2.45) is 5.92 Å². The molecule has 11 heteroatoms. The summed E-state index contributed by atoms with van der Waals surface area (Å²) in [6.45, 7) is 2.29. The Bertz CT molecular complexity index is 660. The van der Waals surface area contributed by atoms with Crippen molar-refractivity contribution in [3.63, 3.8) is 0 Å². The van der Waals surface area contributed by atoms with Gasteiger partial charge in [-0.1, -0.05) is 19.1 Å². The van der Waals surface area contributed by atoms with Gasteiger partial charge in [0.15, 0.2) is 0 Å². The molecule has 1 aliphatic rings. The average molecular weight is 415 g/mol. The number of ether oxygens (including phenoxy) is 1. The summed E-state index contributed by atoms with van der Waals surface area (Å²) in [5, 5.41) is 9.32. The largest absolute Gasteiger partial charge is 0.430 e. The van der Waals surface area contributed by atoms with E-state index in [0.717, 1.165) is 18.6 Å². The van der Waals surface area contributed by atoms with Gasteiger partial charge in [0.2, 0.25) is 0 Å². The van der Waals surface area contributed by atoms with Crippen molar-refractivity contribution >= 4 is 11.7 Å². The first-order valence-corrected chi connectivity index (χ1v) is 8.44. The van der Waals surface area contributed by atoms with Crippen LogP contribution < -0.4 is 5.48 Å². The molecule has 0 aliphatic carbocycles. The fourth-order valence-corrected chi connectivity index (χ4v) is 2.84. The molecule has 1 aromatic carbocycles. The first-order valence-electron chi connectivity index (χ1n) is 8.44. The van der Waals surface area contributed by atoms with Crippen LogP contribution in [0.1, 0.15) is 31.7 Å². The fraction of sp³-hybridized carbons (Fsp3) is 0.588. The summed E-state index contributed by atoms with van der Waals surface area (Å²) in [5.41, 5.74) is -4.27. The van der Waals surface area contributed by atoms with Gasteiger partial charge < -0.3 is 14.7 Å². The lowest BCUT2D eigenvalue weighted by Crippen LogP contribution is -2.53. The Kier molecular flexibility index (Phi) is 6.49. The number of carbonyl (C=O) groups excluding carboxylic acids is 1. The number of aliphatic hydroxyl groups is 1. The first kappa shape index (κ1) is 22.3. The van der Waals surface area contributed by atoms with Crippen molar-refractivity contribution in [3.05, 3.63) is 29.8 Å². The Morgan fingerprint density at radius 2 is 1.75 bits per heavy atom. The lowest BCUT2D eigenvalue weighted by molar-refractivity contribution is -0.376. The van der Waals surface area contributed by atoms with Crippen molar-refractivity contribution in [2.75, 3.05) is 12.1 Å². The van der Waals surface area contributed by atoms with Gasteiger partial charge in [0.1, 0.15) is 0 Å². The van der Waals surface area contributed by atoms with Crippen LogP contribution in [0, 0.1) is 5.92 Å². The Morgan fingerprint density at radius 3 is 2.25 bits per heavy atom. The molecule has 2 N–H and O–H groups in total. The molecule has 0 bridgehead atoms. The average Bonchev–Trinajstić information content (AvgIpc) is 2.64. The van der Waals surface area contributed by atoms with Crippen molar-refractivity contribution in [1.29, 1.82) is 0 Å². The summed E-state index contributed by atoms with van der Waals surface area (Å²) in [6, 6.07) is 2.59. The summed E-state index contributed by atoms with van der Waals surface area (Å²) in [7, 11) is 0. The molecule has 1 saturated heterocycles. The van der Waals surface area contributed by atoms with E-state index in [1.807, 2.05) is 6.92 Å². The molecule has 1 fully saturated rings. The SMILES string of the molecule is CCC1CC(C(=O)ONc2ccc(C(O)(C(F)(F)F)C(F)(F)F)cc2)CCO1. The fourth-order valence-electron chi connectivity index (χ4n) is 2.84. The molecule has 0 spiro atoms. The summed E-state index contributed by atoms with van der Waals surface area (Å²) < 4.78 is 82.5. The van der Waals surface area contributed by atoms with Crippen LogP contribution >= 0.6 is 0 Å². The van der Waals surface area contributed by atoms with E-state index in [-0.39, 0.29) is 11.8 Å². The van der Waals surface area contributed by atoms with Crippen LogP contribution in [0.25, 0.3) is 0 Å². The molecule has 5 nitrogen and oxygen atoms in total. The third-order valence-electron chi connectivity index (χ3n) is 4.55. The topological polar surface area (TPSA) is 67.8 Å². The summed E-state index contributed by atoms with van der Waals surface area (Å²) in [4.78, 5) is 16.9. The molecular weight excluding hydrogens is 396 g/mol. The predicted molar refractivity (Wildman–Crippen MR) is 84.9 cm³/mol. The van der Waals surface area contributed by atoms with Crippen LogP contribution in [-0.2, 0) is 20.0 Å². The first-order chi connectivity index (χ1) is 12.9. The smallest absolute Gasteiger partial charge is 0.378 e. The second-order valence-electron chi connectivity index (χ2n) is 6.43. The quantitative estimate of drug-likeness (QED) is 0.561. The third kappa shape index (κ3) is 4.52. The summed E-state index contributed by atoms with van der Waals surface area (Å²) >= 11 is 0. The zero-order valence-electron chi connectivity index (χ0n) is 14.7. The number of hydrogen-bond donors (Lipinski definition) is 2. The van der Waals surface area contributed by atoms with Crippen LogP contribution in [0.5, 0.6) is 0 Å². The molecule has 1 aliphatic heterocycles. The molecular formula is C17H19F6NO4. The van der Waals surface area contributed by atoms with Gasteiger partial charge in [-0.25, -0.2) is 10.3 Å². The molecule has 2 unspecified atom stereocenters. The van der Waals surface area contributed by atoms with Gasteiger partial charge in [-0.15, -0.1) is 0 Å². The number of anilines is 1. The maximum absolute atomic E-state index is 12.8. The summed E-state index contributed by atoms with van der Waals surface area (Å²) in [5.74, 6) is -1.03. The number of halogens is 6. The highest BCUT2D eigenvalue weighted by Crippen LogP contribution is 2.50. The van der Waals surface area contributed by atoms with E-state index in [0.29, 0.717) is 31.6 Å². The van der Waals surface area contributed by atoms with E-state index in [2.05, 4.69) is 5.48 Å². The van der Waals surface area contributed by atoms with Crippen LogP contribution in [0.2, 0.25) is 0 Å². The molecule has 2 atom stereocenters. The third-order valence-corrected chi connectivity index (χ3v) is 4.55. The molecule has 158 valence electrons. The normalized spacial score (nSPS) is 21.3. The Morgan fingerprint density at radius 1 is 1.18 bits per heavy atom. The second kappa shape index (κ2) is 8.16. The second-order valence-corrected chi connectivity index (χ2v) is 6.43. The molecule has 2 rings (SSSR count). The molecule has 28 heavy (non-hydrogen) atoms. The van der Waals surface area contributed by atoms with E-state index in [1.165, 1.54) is 0 Å². The van der Waals surface area contributed by atoms with E-state index in [9.17, 15) is 36.2 Å². The van der Waals surface area contributed by atoms with Crippen LogP contribution in [0.4, 0.5) is 32.0 Å². The van der Waals surface area contributed by atoms with Gasteiger partial charge in [-0.2, -0.15) is 26.3 Å². The molecule has 0 saturated carbocycles. The zero-order valence-corrected chi connectivity index (χ0v) is 14.7. The van der Waals surface area contributed by atoms with E-state index in [1.54, 1.807) is 0 Å². The maximum atomic E-state index is 12.8. The molecule has 0 radical (unpaired) electrons. The van der Waals surface area contributed by atoms with Gasteiger partial charge in [0.25, 0.3) is 5.60 Å². The standard InChI is InChI=1S/C17H19F6NO4/c1-2-13-9-10(7-8-27-13)14(25)28-24-12-5-3-11(4-6-12)15(26,16(18,19)20)17(21,22)23/h3-6,10,13,24,26H,2,7-9H2,1H3. The van der Waals surface area contributed by atoms with Gasteiger partial charge in [-0.3, -0.25) is 0 Å². The van der Waals surface area contributed by atoms with Crippen LogP contribution in [-0.4, -0.2) is 36.1 Å². The van der Waals surface area contributed by atoms with Gasteiger partial charge in [-0.05, 0) is 31.4 Å². The monoisotopic (exact) mass is 415 g/mol. The van der Waals surface area contributed by atoms with Gasteiger partial charge >= 0.3 is 18.3 Å². The zero-order chi connectivity index (χ0) is 21.2. The maximum Gasteiger partial charge on any atom is 0.430 e. The van der Waals surface area contributed by atoms with Crippen LogP contribution in [0.15, 0.2) is 24.3 Å². The number of benzene rings is 1. The number of rotatable bonds is 5. The lowest BCUT2D eigenvalue weighted by Gasteiger charge is -2.32. The highest BCUT2D eigenvalue weighted by Gasteiger charge is 2.71. The highest BCUT2D eigenvalue weighted by molar-refractivity contribution is 5.73. The highest BCUT2D eigenvalue weighted by atomic mass is 19.4. The Balaban J connectivity index is 2.05. The molecule has 0 amide bonds. The Hall–Kier alpha value is -2.01. The number of alkyl halides is 6. The minimum atomic E-state index is -5.97. The van der Waals surface area contributed by atoms with Crippen molar-refractivity contribution in [1.82, 2.24) is 0 Å². The minimum absolute atomic E-state index is 0.0529. The van der Waals surface area contributed by atoms with Crippen molar-refractivity contribution < 1.29 is 45.8 Å². The van der Waals surface area contributed by atoms with Gasteiger partial charge in [0.05, 0.1) is 17.7 Å².